The summed E-state index contributed by atoms with van der Waals surface area (Å²) in [5.74, 6) is 1.90. The molecule has 0 fully saturated rings. The van der Waals surface area contributed by atoms with Crippen LogP contribution in [0.5, 0.6) is 5.75 Å². The van der Waals surface area contributed by atoms with Crippen molar-refractivity contribution >= 4 is 17.3 Å². The van der Waals surface area contributed by atoms with Gasteiger partial charge in [-0.15, -0.1) is 0 Å². The zero-order chi connectivity index (χ0) is 15.2. The number of hydrogen-bond donors (Lipinski definition) is 2. The first kappa shape index (κ1) is 15.0. The quantitative estimate of drug-likeness (QED) is 0.854. The van der Waals surface area contributed by atoms with E-state index in [0.717, 1.165) is 24.6 Å². The summed E-state index contributed by atoms with van der Waals surface area (Å²) >= 11 is 0. The second-order valence-corrected chi connectivity index (χ2v) is 4.41. The third-order valence-electron chi connectivity index (χ3n) is 2.87. The Morgan fingerprint density at radius 1 is 1.14 bits per heavy atom. The highest BCUT2D eigenvalue weighted by Crippen LogP contribution is 2.23. The number of hydrogen-bond acceptors (Lipinski definition) is 5. The maximum Gasteiger partial charge on any atom is 0.167 e. The van der Waals surface area contributed by atoms with E-state index in [-0.39, 0.29) is 5.75 Å². The minimum Gasteiger partial charge on any atom is -0.494 e. The van der Waals surface area contributed by atoms with Gasteiger partial charge in [0.25, 0.3) is 0 Å². The third-order valence-corrected chi connectivity index (χ3v) is 2.87. The standard InChI is InChI=1S/C15H19FN4O/c1-4-13-19-14(17-5-2)9-15(20-13)18-10-6-7-12(21-3)11(16)8-10/h6-9H,4-5H2,1-3H3,(H2,17,18,19,20). The molecule has 0 aliphatic rings. The van der Waals surface area contributed by atoms with Gasteiger partial charge < -0.3 is 15.4 Å². The number of anilines is 3. The molecular weight excluding hydrogens is 271 g/mol. The summed E-state index contributed by atoms with van der Waals surface area (Å²) in [7, 11) is 1.44. The van der Waals surface area contributed by atoms with Crippen molar-refractivity contribution in [1.82, 2.24) is 9.97 Å². The fourth-order valence-electron chi connectivity index (χ4n) is 1.88. The van der Waals surface area contributed by atoms with Crippen LogP contribution in [0, 0.1) is 5.82 Å². The van der Waals surface area contributed by atoms with Crippen LogP contribution in [0.15, 0.2) is 24.3 Å². The Hall–Kier alpha value is -2.37. The lowest BCUT2D eigenvalue weighted by atomic mass is 10.3. The van der Waals surface area contributed by atoms with E-state index in [1.54, 1.807) is 18.2 Å². The van der Waals surface area contributed by atoms with Crippen LogP contribution < -0.4 is 15.4 Å². The van der Waals surface area contributed by atoms with Crippen molar-refractivity contribution in [3.05, 3.63) is 35.9 Å². The predicted molar refractivity (Wildman–Crippen MR) is 81.8 cm³/mol. The number of methoxy groups -OCH3 is 1. The minimum atomic E-state index is -0.417. The summed E-state index contributed by atoms with van der Waals surface area (Å²) in [6, 6.07) is 6.48. The van der Waals surface area contributed by atoms with E-state index < -0.39 is 5.82 Å². The molecule has 1 aromatic carbocycles. The first-order chi connectivity index (χ1) is 10.2. The molecule has 21 heavy (non-hydrogen) atoms. The fourth-order valence-corrected chi connectivity index (χ4v) is 1.88. The molecule has 0 atom stereocenters. The molecule has 0 aliphatic carbocycles. The Labute approximate surface area is 123 Å². The molecule has 0 unspecified atom stereocenters. The van der Waals surface area contributed by atoms with Gasteiger partial charge >= 0.3 is 0 Å². The summed E-state index contributed by atoms with van der Waals surface area (Å²) < 4.78 is 18.6. The molecule has 1 heterocycles. The Morgan fingerprint density at radius 3 is 2.52 bits per heavy atom. The lowest BCUT2D eigenvalue weighted by Crippen LogP contribution is -2.05. The summed E-state index contributed by atoms with van der Waals surface area (Å²) in [5.41, 5.74) is 0.608. The number of nitrogens with one attached hydrogen (secondary N) is 2. The van der Waals surface area contributed by atoms with E-state index in [1.165, 1.54) is 13.2 Å². The van der Waals surface area contributed by atoms with Crippen molar-refractivity contribution in [3.8, 4) is 5.75 Å². The molecule has 1 aromatic heterocycles. The minimum absolute atomic E-state index is 0.214. The molecule has 112 valence electrons. The number of halogens is 1. The maximum atomic E-state index is 13.7. The van der Waals surface area contributed by atoms with E-state index in [4.69, 9.17) is 4.74 Å². The SMILES string of the molecule is CCNc1cc(Nc2ccc(OC)c(F)c2)nc(CC)n1. The van der Waals surface area contributed by atoms with Gasteiger partial charge in [-0.2, -0.15) is 0 Å². The van der Waals surface area contributed by atoms with Crippen LogP contribution in [0.3, 0.4) is 0 Å². The molecule has 0 saturated heterocycles. The van der Waals surface area contributed by atoms with Crippen molar-refractivity contribution in [2.45, 2.75) is 20.3 Å². The second kappa shape index (κ2) is 6.88. The number of benzene rings is 1. The molecule has 5 nitrogen and oxygen atoms in total. The smallest absolute Gasteiger partial charge is 0.167 e. The average molecular weight is 290 g/mol. The Morgan fingerprint density at radius 2 is 1.90 bits per heavy atom. The van der Waals surface area contributed by atoms with Gasteiger partial charge in [-0.1, -0.05) is 6.92 Å². The van der Waals surface area contributed by atoms with Crippen molar-refractivity contribution in [3.63, 3.8) is 0 Å². The molecule has 0 amide bonds. The van der Waals surface area contributed by atoms with Crippen LogP contribution in [0.2, 0.25) is 0 Å². The van der Waals surface area contributed by atoms with Crippen molar-refractivity contribution < 1.29 is 9.13 Å². The molecule has 0 saturated carbocycles. The van der Waals surface area contributed by atoms with Gasteiger partial charge in [0.1, 0.15) is 17.5 Å². The van der Waals surface area contributed by atoms with Gasteiger partial charge in [-0.05, 0) is 19.1 Å². The number of nitrogens with zero attached hydrogens (tertiary/aromatic N) is 2. The van der Waals surface area contributed by atoms with E-state index in [0.29, 0.717) is 11.5 Å². The molecule has 0 aliphatic heterocycles. The second-order valence-electron chi connectivity index (χ2n) is 4.41. The first-order valence-electron chi connectivity index (χ1n) is 6.88. The van der Waals surface area contributed by atoms with Crippen LogP contribution in [-0.2, 0) is 6.42 Å². The highest BCUT2D eigenvalue weighted by molar-refractivity contribution is 5.60. The lowest BCUT2D eigenvalue weighted by molar-refractivity contribution is 0.386. The van der Waals surface area contributed by atoms with Crippen LogP contribution in [0.4, 0.5) is 21.7 Å². The Kier molecular flexibility index (Phi) is 4.92. The Balaban J connectivity index is 2.25. The lowest BCUT2D eigenvalue weighted by Gasteiger charge is -2.11. The van der Waals surface area contributed by atoms with Crippen molar-refractivity contribution in [2.75, 3.05) is 24.3 Å². The van der Waals surface area contributed by atoms with E-state index >= 15 is 0 Å². The number of aromatic nitrogens is 2. The molecule has 0 bridgehead atoms. The van der Waals surface area contributed by atoms with Gasteiger partial charge in [-0.3, -0.25) is 0 Å². The Bertz CT molecular complexity index is 619. The van der Waals surface area contributed by atoms with Gasteiger partial charge in [0.2, 0.25) is 0 Å². The third kappa shape index (κ3) is 3.81. The molecule has 2 aromatic rings. The molecule has 0 radical (unpaired) electrons. The summed E-state index contributed by atoms with van der Waals surface area (Å²) in [6.07, 6.45) is 0.727. The monoisotopic (exact) mass is 290 g/mol. The molecule has 6 heteroatoms. The molecular formula is C15H19FN4O. The average Bonchev–Trinajstić information content (AvgIpc) is 2.47. The van der Waals surface area contributed by atoms with Gasteiger partial charge in [0.05, 0.1) is 7.11 Å². The van der Waals surface area contributed by atoms with Crippen LogP contribution >= 0.6 is 0 Å². The highest BCUT2D eigenvalue weighted by atomic mass is 19.1. The van der Waals surface area contributed by atoms with Crippen LogP contribution in [0.1, 0.15) is 19.7 Å². The van der Waals surface area contributed by atoms with Gasteiger partial charge in [0.15, 0.2) is 11.6 Å². The highest BCUT2D eigenvalue weighted by Gasteiger charge is 2.06. The zero-order valence-corrected chi connectivity index (χ0v) is 12.4. The number of ether oxygens (including phenoxy) is 1. The fraction of sp³-hybridized carbons (Fsp3) is 0.333. The van der Waals surface area contributed by atoms with Crippen LogP contribution in [0.25, 0.3) is 0 Å². The number of aryl methyl sites for hydroxylation is 1. The normalized spacial score (nSPS) is 10.3. The number of rotatable bonds is 6. The summed E-state index contributed by atoms with van der Waals surface area (Å²) in [5, 5.41) is 6.24. The molecule has 2 N–H and O–H groups in total. The van der Waals surface area contributed by atoms with E-state index in [1.807, 2.05) is 13.8 Å². The topological polar surface area (TPSA) is 59.1 Å². The maximum absolute atomic E-state index is 13.7. The summed E-state index contributed by atoms with van der Waals surface area (Å²) in [4.78, 5) is 8.76. The van der Waals surface area contributed by atoms with E-state index in [2.05, 4.69) is 20.6 Å². The largest absolute Gasteiger partial charge is 0.494 e. The summed E-state index contributed by atoms with van der Waals surface area (Å²) in [6.45, 7) is 4.76. The van der Waals surface area contributed by atoms with Crippen molar-refractivity contribution in [1.29, 1.82) is 0 Å². The van der Waals surface area contributed by atoms with Crippen molar-refractivity contribution in [2.24, 2.45) is 0 Å². The molecule has 0 spiro atoms. The molecule has 2 rings (SSSR count). The zero-order valence-electron chi connectivity index (χ0n) is 12.4. The van der Waals surface area contributed by atoms with E-state index in [9.17, 15) is 4.39 Å². The van der Waals surface area contributed by atoms with Gasteiger partial charge in [0, 0.05) is 30.8 Å². The van der Waals surface area contributed by atoms with Crippen LogP contribution in [-0.4, -0.2) is 23.6 Å². The predicted octanol–water partition coefficient (Wildman–Crippen LogP) is 3.36. The van der Waals surface area contributed by atoms with Gasteiger partial charge in [-0.25, -0.2) is 14.4 Å². The first-order valence-corrected chi connectivity index (χ1v) is 6.88.